The van der Waals surface area contributed by atoms with Gasteiger partial charge in [0.25, 0.3) is 0 Å². The Morgan fingerprint density at radius 3 is 2.93 bits per heavy atom. The zero-order valence-electron chi connectivity index (χ0n) is 9.34. The van der Waals surface area contributed by atoms with E-state index in [1.807, 2.05) is 7.05 Å². The molecule has 0 aromatic rings. The molecule has 1 rings (SSSR count). The van der Waals surface area contributed by atoms with Gasteiger partial charge in [0.05, 0.1) is 12.6 Å². The number of nitrogens with one attached hydrogen (secondary N) is 2. The zero-order valence-corrected chi connectivity index (χ0v) is 9.34. The van der Waals surface area contributed by atoms with Gasteiger partial charge in [-0.25, -0.2) is 0 Å². The number of carbonyl (C=O) groups excluding carboxylic acids is 1. The van der Waals surface area contributed by atoms with Crippen LogP contribution in [0.15, 0.2) is 0 Å². The van der Waals surface area contributed by atoms with Crippen LogP contribution in [0.2, 0.25) is 0 Å². The van der Waals surface area contributed by atoms with E-state index >= 15 is 0 Å². The highest BCUT2D eigenvalue weighted by molar-refractivity contribution is 5.79. The number of nitrogens with zero attached hydrogens (tertiary/aromatic N) is 1. The summed E-state index contributed by atoms with van der Waals surface area (Å²) in [6.45, 7) is 7.73. The molecule has 0 aromatic carbocycles. The maximum absolute atomic E-state index is 11.4. The average molecular weight is 199 g/mol. The highest BCUT2D eigenvalue weighted by Crippen LogP contribution is 2.03. The number of piperazine rings is 1. The minimum atomic E-state index is 0.150. The molecule has 1 aliphatic rings. The minimum Gasteiger partial charge on any atom is -0.350 e. The fourth-order valence-corrected chi connectivity index (χ4v) is 1.92. The lowest BCUT2D eigenvalue weighted by atomic mass is 10.1. The molecule has 1 aliphatic heterocycles. The number of rotatable bonds is 4. The maximum Gasteiger partial charge on any atom is 0.234 e. The Morgan fingerprint density at radius 1 is 1.64 bits per heavy atom. The van der Waals surface area contributed by atoms with Crippen molar-refractivity contribution in [2.24, 2.45) is 5.92 Å². The van der Waals surface area contributed by atoms with Crippen LogP contribution in [0, 0.1) is 5.92 Å². The highest BCUT2D eigenvalue weighted by Gasteiger charge is 2.23. The molecule has 1 atom stereocenters. The van der Waals surface area contributed by atoms with E-state index in [9.17, 15) is 4.79 Å². The Morgan fingerprint density at radius 2 is 2.36 bits per heavy atom. The van der Waals surface area contributed by atoms with Crippen molar-refractivity contribution in [1.29, 1.82) is 0 Å². The van der Waals surface area contributed by atoms with Crippen LogP contribution in [0.1, 0.15) is 13.8 Å². The van der Waals surface area contributed by atoms with Crippen molar-refractivity contribution < 1.29 is 4.79 Å². The van der Waals surface area contributed by atoms with Crippen molar-refractivity contribution in [3.05, 3.63) is 0 Å². The van der Waals surface area contributed by atoms with Gasteiger partial charge in [-0.3, -0.25) is 9.69 Å². The first-order chi connectivity index (χ1) is 6.61. The third-order valence-electron chi connectivity index (χ3n) is 2.28. The van der Waals surface area contributed by atoms with Crippen LogP contribution >= 0.6 is 0 Å². The van der Waals surface area contributed by atoms with Crippen LogP contribution in [0.4, 0.5) is 0 Å². The molecular formula is C10H21N3O. The van der Waals surface area contributed by atoms with E-state index in [0.717, 1.165) is 19.6 Å². The Labute approximate surface area is 86.0 Å². The van der Waals surface area contributed by atoms with Gasteiger partial charge in [0, 0.05) is 19.6 Å². The summed E-state index contributed by atoms with van der Waals surface area (Å²) >= 11 is 0. The van der Waals surface area contributed by atoms with Gasteiger partial charge in [0.15, 0.2) is 0 Å². The van der Waals surface area contributed by atoms with Gasteiger partial charge in [-0.1, -0.05) is 13.8 Å². The number of amides is 1. The van der Waals surface area contributed by atoms with Gasteiger partial charge in [0.1, 0.15) is 0 Å². The molecular weight excluding hydrogens is 178 g/mol. The Balaban J connectivity index is 2.41. The summed E-state index contributed by atoms with van der Waals surface area (Å²) in [6, 6.07) is 0.264. The topological polar surface area (TPSA) is 44.4 Å². The summed E-state index contributed by atoms with van der Waals surface area (Å²) in [5.74, 6) is 0.772. The maximum atomic E-state index is 11.4. The largest absolute Gasteiger partial charge is 0.350 e. The number of hydrogen-bond donors (Lipinski definition) is 2. The van der Waals surface area contributed by atoms with Crippen molar-refractivity contribution >= 4 is 5.91 Å². The van der Waals surface area contributed by atoms with E-state index < -0.39 is 0 Å². The minimum absolute atomic E-state index is 0.150. The number of hydrogen-bond acceptors (Lipinski definition) is 3. The normalized spacial score (nSPS) is 24.0. The van der Waals surface area contributed by atoms with Crippen molar-refractivity contribution in [1.82, 2.24) is 15.5 Å². The molecule has 4 nitrogen and oxygen atoms in total. The molecule has 2 N–H and O–H groups in total. The third kappa shape index (κ3) is 3.64. The van der Waals surface area contributed by atoms with Crippen molar-refractivity contribution in [3.63, 3.8) is 0 Å². The second-order valence-electron chi connectivity index (χ2n) is 4.41. The van der Waals surface area contributed by atoms with Gasteiger partial charge < -0.3 is 10.6 Å². The lowest BCUT2D eigenvalue weighted by molar-refractivity contribution is -0.125. The monoisotopic (exact) mass is 199 g/mol. The van der Waals surface area contributed by atoms with Gasteiger partial charge in [-0.15, -0.1) is 0 Å². The Bertz CT molecular complexity index is 194. The summed E-state index contributed by atoms with van der Waals surface area (Å²) in [7, 11) is 1.91. The van der Waals surface area contributed by atoms with Crippen molar-refractivity contribution in [3.8, 4) is 0 Å². The van der Waals surface area contributed by atoms with Crippen LogP contribution in [0.3, 0.4) is 0 Å². The average Bonchev–Trinajstić information content (AvgIpc) is 2.01. The first-order valence-corrected chi connectivity index (χ1v) is 5.28. The van der Waals surface area contributed by atoms with E-state index in [-0.39, 0.29) is 11.9 Å². The molecule has 0 bridgehead atoms. The molecule has 82 valence electrons. The summed E-state index contributed by atoms with van der Waals surface area (Å²) in [5.41, 5.74) is 0. The van der Waals surface area contributed by atoms with Gasteiger partial charge in [-0.2, -0.15) is 0 Å². The molecule has 1 fully saturated rings. The van der Waals surface area contributed by atoms with E-state index in [2.05, 4.69) is 29.4 Å². The quantitative estimate of drug-likeness (QED) is 0.651. The molecule has 0 aliphatic carbocycles. The number of carbonyl (C=O) groups is 1. The number of likely N-dealkylation sites (N-methyl/N-ethyl adjacent to an activating group) is 1. The van der Waals surface area contributed by atoms with Crippen molar-refractivity contribution in [2.75, 3.05) is 33.2 Å². The van der Waals surface area contributed by atoms with E-state index in [1.165, 1.54) is 0 Å². The molecule has 0 spiro atoms. The van der Waals surface area contributed by atoms with Crippen molar-refractivity contribution in [2.45, 2.75) is 19.9 Å². The SMILES string of the molecule is CNCC1CN(CC(C)C)CC(=O)N1. The predicted octanol–water partition coefficient (Wildman–Crippen LogP) is -0.338. The summed E-state index contributed by atoms with van der Waals surface area (Å²) < 4.78 is 0. The summed E-state index contributed by atoms with van der Waals surface area (Å²) in [5, 5.41) is 6.07. The third-order valence-corrected chi connectivity index (χ3v) is 2.28. The molecule has 0 aromatic heterocycles. The predicted molar refractivity (Wildman–Crippen MR) is 57.1 cm³/mol. The van der Waals surface area contributed by atoms with Crippen LogP contribution in [0.25, 0.3) is 0 Å². The molecule has 1 unspecified atom stereocenters. The fourth-order valence-electron chi connectivity index (χ4n) is 1.92. The Hall–Kier alpha value is -0.610. The molecule has 4 heteroatoms. The van der Waals surface area contributed by atoms with Crippen LogP contribution in [-0.4, -0.2) is 50.1 Å². The first-order valence-electron chi connectivity index (χ1n) is 5.28. The van der Waals surface area contributed by atoms with E-state index in [4.69, 9.17) is 0 Å². The molecule has 1 saturated heterocycles. The highest BCUT2D eigenvalue weighted by atomic mass is 16.2. The van der Waals surface area contributed by atoms with Crippen LogP contribution in [-0.2, 0) is 4.79 Å². The second kappa shape index (κ2) is 5.32. The lowest BCUT2D eigenvalue weighted by Gasteiger charge is -2.33. The van der Waals surface area contributed by atoms with Gasteiger partial charge >= 0.3 is 0 Å². The van der Waals surface area contributed by atoms with E-state index in [1.54, 1.807) is 0 Å². The molecule has 0 radical (unpaired) electrons. The van der Waals surface area contributed by atoms with Gasteiger partial charge in [0.2, 0.25) is 5.91 Å². The Kier molecular flexibility index (Phi) is 4.35. The summed E-state index contributed by atoms with van der Waals surface area (Å²) in [4.78, 5) is 13.6. The van der Waals surface area contributed by atoms with E-state index in [0.29, 0.717) is 12.5 Å². The van der Waals surface area contributed by atoms with Gasteiger partial charge in [-0.05, 0) is 13.0 Å². The lowest BCUT2D eigenvalue weighted by Crippen LogP contribution is -2.57. The molecule has 1 heterocycles. The summed E-state index contributed by atoms with van der Waals surface area (Å²) in [6.07, 6.45) is 0. The van der Waals surface area contributed by atoms with Crippen LogP contribution in [0.5, 0.6) is 0 Å². The second-order valence-corrected chi connectivity index (χ2v) is 4.41. The zero-order chi connectivity index (χ0) is 10.6. The first kappa shape index (κ1) is 11.5. The van der Waals surface area contributed by atoms with Crippen LogP contribution < -0.4 is 10.6 Å². The smallest absolute Gasteiger partial charge is 0.234 e. The fraction of sp³-hybridized carbons (Fsp3) is 0.900. The molecule has 14 heavy (non-hydrogen) atoms. The standard InChI is InChI=1S/C10H21N3O/c1-8(2)5-13-6-9(4-11-3)12-10(14)7-13/h8-9,11H,4-7H2,1-3H3,(H,12,14). The molecule has 0 saturated carbocycles. The molecule has 1 amide bonds.